The molecule has 4 heteroatoms. The zero-order valence-electron chi connectivity index (χ0n) is 17.5. The van der Waals surface area contributed by atoms with Gasteiger partial charge in [-0.3, -0.25) is 0 Å². The first kappa shape index (κ1) is 22.0. The van der Waals surface area contributed by atoms with Crippen molar-refractivity contribution in [2.75, 3.05) is 13.2 Å². The molecule has 4 nitrogen and oxygen atoms in total. The molecule has 0 fully saturated rings. The van der Waals surface area contributed by atoms with Gasteiger partial charge in [0, 0.05) is 6.61 Å². The van der Waals surface area contributed by atoms with Gasteiger partial charge in [0.25, 0.3) is 0 Å². The molecule has 0 aliphatic carbocycles. The number of hydrogen-bond donors (Lipinski definition) is 0. The van der Waals surface area contributed by atoms with Crippen LogP contribution >= 0.6 is 0 Å². The molecule has 2 aromatic rings. The van der Waals surface area contributed by atoms with E-state index in [0.717, 1.165) is 42.7 Å². The summed E-state index contributed by atoms with van der Waals surface area (Å²) in [5, 5.41) is 0. The molecule has 0 bridgehead atoms. The maximum absolute atomic E-state index is 11.5. The van der Waals surface area contributed by atoms with E-state index in [4.69, 9.17) is 14.2 Å². The molecule has 2 aromatic carbocycles. The predicted molar refractivity (Wildman–Crippen MR) is 112 cm³/mol. The fourth-order valence-corrected chi connectivity index (χ4v) is 2.76. The highest BCUT2D eigenvalue weighted by Crippen LogP contribution is 2.25. The van der Waals surface area contributed by atoms with Gasteiger partial charge in [-0.25, -0.2) is 4.79 Å². The van der Waals surface area contributed by atoms with E-state index in [1.54, 1.807) is 0 Å². The minimum atomic E-state index is -0.457. The second-order valence-corrected chi connectivity index (χ2v) is 7.96. The van der Waals surface area contributed by atoms with Gasteiger partial charge in [-0.15, -0.1) is 0 Å². The third kappa shape index (κ3) is 8.57. The van der Waals surface area contributed by atoms with Gasteiger partial charge in [0.15, 0.2) is 0 Å². The predicted octanol–water partition coefficient (Wildman–Crippen LogP) is 5.86. The van der Waals surface area contributed by atoms with E-state index in [-0.39, 0.29) is 12.6 Å². The van der Waals surface area contributed by atoms with Gasteiger partial charge in [-0.1, -0.05) is 36.8 Å². The molecule has 0 unspecified atom stereocenters. The lowest BCUT2D eigenvalue weighted by Crippen LogP contribution is -2.26. The number of benzene rings is 2. The zero-order valence-corrected chi connectivity index (χ0v) is 17.5. The highest BCUT2D eigenvalue weighted by atomic mass is 16.6. The van der Waals surface area contributed by atoms with Gasteiger partial charge in [0.05, 0.1) is 0 Å². The molecule has 0 aromatic heterocycles. The van der Waals surface area contributed by atoms with E-state index in [1.165, 1.54) is 5.56 Å². The number of ether oxygens (including phenoxy) is 3. The summed E-state index contributed by atoms with van der Waals surface area (Å²) in [5.74, 6) is 1.44. The minimum absolute atomic E-state index is 0.0274. The molecule has 0 aliphatic heterocycles. The topological polar surface area (TPSA) is 44.8 Å². The second-order valence-electron chi connectivity index (χ2n) is 7.96. The fraction of sp³-hybridized carbons (Fsp3) is 0.458. The summed E-state index contributed by atoms with van der Waals surface area (Å²) in [6.45, 7) is 8.22. The lowest BCUT2D eigenvalue weighted by molar-refractivity contribution is -0.160. The molecular formula is C24H32O4. The Morgan fingerprint density at radius 3 is 2.32 bits per heavy atom. The number of carbonyl (C=O) groups excluding carboxylic acids is 1. The van der Waals surface area contributed by atoms with Gasteiger partial charge in [-0.05, 0) is 76.3 Å². The summed E-state index contributed by atoms with van der Waals surface area (Å²) in [4.78, 5) is 11.5. The Morgan fingerprint density at radius 1 is 0.929 bits per heavy atom. The Labute approximate surface area is 168 Å². The molecule has 0 aliphatic rings. The van der Waals surface area contributed by atoms with Gasteiger partial charge >= 0.3 is 5.97 Å². The summed E-state index contributed by atoms with van der Waals surface area (Å²) < 4.78 is 16.5. The normalized spacial score (nSPS) is 11.3. The third-order valence-electron chi connectivity index (χ3n) is 4.14. The van der Waals surface area contributed by atoms with E-state index in [0.29, 0.717) is 6.61 Å². The number of para-hydroxylation sites is 1. The number of rotatable bonds is 10. The van der Waals surface area contributed by atoms with Crippen molar-refractivity contribution in [2.45, 2.75) is 59.0 Å². The zero-order chi connectivity index (χ0) is 20.4. The summed E-state index contributed by atoms with van der Waals surface area (Å²) in [7, 11) is 0. The van der Waals surface area contributed by atoms with Crippen LogP contribution in [-0.4, -0.2) is 24.8 Å². The number of carbonyl (C=O) groups is 1. The summed E-state index contributed by atoms with van der Waals surface area (Å²) >= 11 is 0. The Bertz CT molecular complexity index is 729. The van der Waals surface area contributed by atoms with Crippen LogP contribution < -0.4 is 4.74 Å². The van der Waals surface area contributed by atoms with Crippen molar-refractivity contribution in [3.8, 4) is 11.5 Å². The highest BCUT2D eigenvalue weighted by molar-refractivity contribution is 5.71. The second kappa shape index (κ2) is 10.9. The van der Waals surface area contributed by atoms with Crippen molar-refractivity contribution in [1.82, 2.24) is 0 Å². The molecule has 0 atom stereocenters. The SMILES string of the molecule is Cc1ccccc1Oc1ccc(CCCCCOCC(=O)OC(C)(C)C)cc1. The van der Waals surface area contributed by atoms with Crippen LogP contribution in [0, 0.1) is 6.92 Å². The number of unbranched alkanes of at least 4 members (excludes halogenated alkanes) is 2. The van der Waals surface area contributed by atoms with Gasteiger partial charge < -0.3 is 14.2 Å². The van der Waals surface area contributed by atoms with Crippen molar-refractivity contribution < 1.29 is 19.0 Å². The van der Waals surface area contributed by atoms with E-state index in [2.05, 4.69) is 12.1 Å². The van der Waals surface area contributed by atoms with Crippen LogP contribution in [0.3, 0.4) is 0 Å². The summed E-state index contributed by atoms with van der Waals surface area (Å²) in [6.07, 6.45) is 4.12. The summed E-state index contributed by atoms with van der Waals surface area (Å²) in [6, 6.07) is 16.3. The molecule has 152 valence electrons. The maximum atomic E-state index is 11.5. The van der Waals surface area contributed by atoms with E-state index in [1.807, 2.05) is 64.1 Å². The quantitative estimate of drug-likeness (QED) is 0.380. The van der Waals surface area contributed by atoms with E-state index >= 15 is 0 Å². The Kier molecular flexibility index (Phi) is 8.52. The van der Waals surface area contributed by atoms with Crippen LogP contribution in [0.25, 0.3) is 0 Å². The number of hydrogen-bond acceptors (Lipinski definition) is 4. The molecular weight excluding hydrogens is 352 g/mol. The van der Waals surface area contributed by atoms with E-state index < -0.39 is 5.60 Å². The van der Waals surface area contributed by atoms with Crippen molar-refractivity contribution in [2.24, 2.45) is 0 Å². The minimum Gasteiger partial charge on any atom is -0.458 e. The van der Waals surface area contributed by atoms with Crippen LogP contribution in [0.5, 0.6) is 11.5 Å². The molecule has 0 spiro atoms. The third-order valence-corrected chi connectivity index (χ3v) is 4.14. The Balaban J connectivity index is 1.60. The van der Waals surface area contributed by atoms with Crippen molar-refractivity contribution in [3.63, 3.8) is 0 Å². The molecule has 0 heterocycles. The van der Waals surface area contributed by atoms with Crippen LogP contribution in [-0.2, 0) is 20.7 Å². The van der Waals surface area contributed by atoms with Gasteiger partial charge in [-0.2, -0.15) is 0 Å². The van der Waals surface area contributed by atoms with Crippen LogP contribution in [0.15, 0.2) is 48.5 Å². The lowest BCUT2D eigenvalue weighted by Gasteiger charge is -2.19. The fourth-order valence-electron chi connectivity index (χ4n) is 2.76. The highest BCUT2D eigenvalue weighted by Gasteiger charge is 2.15. The first-order chi connectivity index (χ1) is 13.3. The molecule has 0 saturated carbocycles. The Morgan fingerprint density at radius 2 is 1.64 bits per heavy atom. The van der Waals surface area contributed by atoms with Crippen LogP contribution in [0.4, 0.5) is 0 Å². The smallest absolute Gasteiger partial charge is 0.332 e. The number of esters is 1. The first-order valence-corrected chi connectivity index (χ1v) is 9.95. The molecule has 28 heavy (non-hydrogen) atoms. The standard InChI is InChI=1S/C24H32O4/c1-19-10-7-8-12-22(19)27-21-15-13-20(14-16-21)11-6-5-9-17-26-18-23(25)28-24(2,3)4/h7-8,10,12-16H,5-6,9,11,17-18H2,1-4H3. The van der Waals surface area contributed by atoms with Gasteiger partial charge in [0.2, 0.25) is 0 Å². The van der Waals surface area contributed by atoms with Crippen molar-refractivity contribution in [3.05, 3.63) is 59.7 Å². The largest absolute Gasteiger partial charge is 0.458 e. The van der Waals surface area contributed by atoms with Crippen molar-refractivity contribution in [1.29, 1.82) is 0 Å². The molecule has 0 radical (unpaired) electrons. The average molecular weight is 385 g/mol. The Hall–Kier alpha value is -2.33. The maximum Gasteiger partial charge on any atom is 0.332 e. The molecule has 2 rings (SSSR count). The number of aryl methyl sites for hydroxylation is 2. The molecule has 0 N–H and O–H groups in total. The monoisotopic (exact) mass is 384 g/mol. The summed E-state index contributed by atoms with van der Waals surface area (Å²) in [5.41, 5.74) is 1.97. The van der Waals surface area contributed by atoms with Crippen LogP contribution in [0.2, 0.25) is 0 Å². The first-order valence-electron chi connectivity index (χ1n) is 9.95. The van der Waals surface area contributed by atoms with Gasteiger partial charge in [0.1, 0.15) is 23.7 Å². The molecule has 0 saturated heterocycles. The van der Waals surface area contributed by atoms with Crippen molar-refractivity contribution >= 4 is 5.97 Å². The van der Waals surface area contributed by atoms with Crippen LogP contribution in [0.1, 0.15) is 51.2 Å². The van der Waals surface area contributed by atoms with E-state index in [9.17, 15) is 4.79 Å². The lowest BCUT2D eigenvalue weighted by atomic mass is 10.1. The molecule has 0 amide bonds. The average Bonchev–Trinajstić information content (AvgIpc) is 2.62.